The zero-order valence-corrected chi connectivity index (χ0v) is 9.12. The number of carbonyl (C=O) groups is 1. The Bertz CT molecular complexity index is 382. The fourth-order valence-electron chi connectivity index (χ4n) is 0.941. The average molecular weight is 286 g/mol. The lowest BCUT2D eigenvalue weighted by atomic mass is 10.1. The van der Waals surface area contributed by atoms with E-state index in [1.165, 1.54) is 0 Å². The Hall–Kier alpha value is -1.09. The van der Waals surface area contributed by atoms with Gasteiger partial charge in [0.25, 0.3) is 5.91 Å². The van der Waals surface area contributed by atoms with Crippen LogP contribution in [0.1, 0.15) is 15.9 Å². The van der Waals surface area contributed by atoms with Crippen LogP contribution in [-0.4, -0.2) is 5.91 Å². The quantitative estimate of drug-likeness (QED) is 0.486. The Morgan fingerprint density at radius 2 is 2.31 bits per heavy atom. The summed E-state index contributed by atoms with van der Waals surface area (Å²) in [6.45, 7) is 1.92. The Balaban J connectivity index is 3.09. The summed E-state index contributed by atoms with van der Waals surface area (Å²) in [5.41, 5.74) is 1.58. The number of nitrogens with one attached hydrogen (secondary N) is 1. The normalized spacial score (nSPS) is 9.00. The molecule has 0 radical (unpaired) electrons. The van der Waals surface area contributed by atoms with E-state index >= 15 is 0 Å². The summed E-state index contributed by atoms with van der Waals surface area (Å²) in [5, 5.41) is 10.4. The predicted molar refractivity (Wildman–Crippen MR) is 57.0 cm³/mol. The van der Waals surface area contributed by atoms with E-state index in [0.29, 0.717) is 5.56 Å². The van der Waals surface area contributed by atoms with Crippen molar-refractivity contribution < 1.29 is 4.79 Å². The van der Waals surface area contributed by atoms with E-state index in [2.05, 4.69) is 27.9 Å². The van der Waals surface area contributed by atoms with Crippen LogP contribution >= 0.6 is 22.6 Å². The molecule has 66 valence electrons. The molecule has 1 aromatic rings. The van der Waals surface area contributed by atoms with Crippen LogP contribution in [0.25, 0.3) is 0 Å². The first-order valence-electron chi connectivity index (χ1n) is 3.61. The third-order valence-electron chi connectivity index (χ3n) is 1.61. The number of aryl methyl sites for hydroxylation is 1. The van der Waals surface area contributed by atoms with E-state index < -0.39 is 0 Å². The van der Waals surface area contributed by atoms with Crippen molar-refractivity contribution in [3.05, 3.63) is 32.9 Å². The molecule has 1 N–H and O–H groups in total. The minimum absolute atomic E-state index is 0.351. The van der Waals surface area contributed by atoms with Crippen LogP contribution in [0.3, 0.4) is 0 Å². The number of nitrogens with zero attached hydrogens (tertiary/aromatic N) is 1. The molecule has 0 saturated carbocycles. The fraction of sp³-hybridized carbons (Fsp3) is 0.111. The topological polar surface area (TPSA) is 52.9 Å². The highest BCUT2D eigenvalue weighted by Gasteiger charge is 2.09. The minimum Gasteiger partial charge on any atom is -0.268 e. The summed E-state index contributed by atoms with van der Waals surface area (Å²) < 4.78 is 0.882. The molecule has 0 unspecified atom stereocenters. The first-order chi connectivity index (χ1) is 6.16. The van der Waals surface area contributed by atoms with Gasteiger partial charge in [0.05, 0.1) is 5.56 Å². The maximum atomic E-state index is 11.3. The second-order valence-electron chi connectivity index (χ2n) is 2.50. The first kappa shape index (κ1) is 9.99. The second-order valence-corrected chi connectivity index (χ2v) is 3.58. The van der Waals surface area contributed by atoms with Crippen LogP contribution in [-0.2, 0) is 0 Å². The smallest absolute Gasteiger partial charge is 0.265 e. The van der Waals surface area contributed by atoms with Gasteiger partial charge in [-0.3, -0.25) is 10.1 Å². The number of hydrogen-bond donors (Lipinski definition) is 1. The predicted octanol–water partition coefficient (Wildman–Crippen LogP) is 1.81. The molecule has 0 heterocycles. The lowest BCUT2D eigenvalue weighted by Crippen LogP contribution is -2.18. The molecule has 0 aliphatic heterocycles. The molecule has 1 amide bonds. The number of amides is 1. The Morgan fingerprint density at radius 3 is 2.92 bits per heavy atom. The van der Waals surface area contributed by atoms with Gasteiger partial charge >= 0.3 is 0 Å². The SMILES string of the molecule is Cc1cccc(C(=O)NC#N)c1I. The van der Waals surface area contributed by atoms with Crippen molar-refractivity contribution in [2.75, 3.05) is 0 Å². The van der Waals surface area contributed by atoms with Gasteiger partial charge in [-0.2, -0.15) is 5.26 Å². The fourth-order valence-corrected chi connectivity index (χ4v) is 1.55. The van der Waals surface area contributed by atoms with Crippen molar-refractivity contribution in [1.29, 1.82) is 5.26 Å². The molecule has 0 aromatic heterocycles. The van der Waals surface area contributed by atoms with Crippen LogP contribution < -0.4 is 5.32 Å². The van der Waals surface area contributed by atoms with Gasteiger partial charge in [0, 0.05) is 3.57 Å². The van der Waals surface area contributed by atoms with E-state index in [9.17, 15) is 4.79 Å². The third kappa shape index (κ3) is 2.18. The summed E-state index contributed by atoms with van der Waals surface area (Å²) in [6, 6.07) is 5.41. The van der Waals surface area contributed by atoms with Gasteiger partial charge in [-0.25, -0.2) is 0 Å². The van der Waals surface area contributed by atoms with Crippen molar-refractivity contribution in [1.82, 2.24) is 5.32 Å². The monoisotopic (exact) mass is 286 g/mol. The van der Waals surface area contributed by atoms with Crippen molar-refractivity contribution >= 4 is 28.5 Å². The molecule has 4 heteroatoms. The van der Waals surface area contributed by atoms with Gasteiger partial charge < -0.3 is 0 Å². The first-order valence-corrected chi connectivity index (χ1v) is 4.69. The number of hydrogen-bond acceptors (Lipinski definition) is 2. The summed E-state index contributed by atoms with van der Waals surface area (Å²) in [4.78, 5) is 11.3. The standard InChI is InChI=1S/C9H7IN2O/c1-6-3-2-4-7(8(6)10)9(13)12-5-11/h2-4H,1H3,(H,12,13). The molecule has 1 aromatic carbocycles. The highest BCUT2D eigenvalue weighted by Crippen LogP contribution is 2.16. The summed E-state index contributed by atoms with van der Waals surface area (Å²) in [7, 11) is 0. The Labute approximate surface area is 89.9 Å². The molecule has 0 aliphatic carbocycles. The Morgan fingerprint density at radius 1 is 1.62 bits per heavy atom. The molecule has 1 rings (SSSR count). The summed E-state index contributed by atoms with van der Waals surface area (Å²) >= 11 is 2.09. The van der Waals surface area contributed by atoms with Gasteiger partial charge in [-0.05, 0) is 41.1 Å². The van der Waals surface area contributed by atoms with E-state index in [-0.39, 0.29) is 5.91 Å². The zero-order chi connectivity index (χ0) is 9.84. The van der Waals surface area contributed by atoms with Crippen LogP contribution in [0.15, 0.2) is 18.2 Å². The van der Waals surface area contributed by atoms with Gasteiger partial charge in [0.2, 0.25) is 0 Å². The highest BCUT2D eigenvalue weighted by molar-refractivity contribution is 14.1. The molecular weight excluding hydrogens is 279 g/mol. The van der Waals surface area contributed by atoms with E-state index in [1.807, 2.05) is 13.0 Å². The van der Waals surface area contributed by atoms with Crippen LogP contribution in [0, 0.1) is 21.9 Å². The largest absolute Gasteiger partial charge is 0.268 e. The molecule has 3 nitrogen and oxygen atoms in total. The van der Waals surface area contributed by atoms with Crippen molar-refractivity contribution in [3.63, 3.8) is 0 Å². The van der Waals surface area contributed by atoms with Gasteiger partial charge in [-0.15, -0.1) is 0 Å². The number of carbonyl (C=O) groups excluding carboxylic acids is 1. The molecule has 0 aliphatic rings. The highest BCUT2D eigenvalue weighted by atomic mass is 127. The van der Waals surface area contributed by atoms with Crippen LogP contribution in [0.4, 0.5) is 0 Å². The van der Waals surface area contributed by atoms with E-state index in [0.717, 1.165) is 9.13 Å². The number of nitriles is 1. The second kappa shape index (κ2) is 4.23. The van der Waals surface area contributed by atoms with Gasteiger partial charge in [0.1, 0.15) is 0 Å². The Kier molecular flexibility index (Phi) is 3.25. The van der Waals surface area contributed by atoms with E-state index in [1.54, 1.807) is 18.3 Å². The molecule has 0 spiro atoms. The minimum atomic E-state index is -0.351. The molecule has 0 bridgehead atoms. The number of halogens is 1. The number of rotatable bonds is 1. The molecule has 13 heavy (non-hydrogen) atoms. The molecule has 0 atom stereocenters. The van der Waals surface area contributed by atoms with Crippen molar-refractivity contribution in [2.24, 2.45) is 0 Å². The van der Waals surface area contributed by atoms with Crippen molar-refractivity contribution in [3.8, 4) is 6.19 Å². The number of benzene rings is 1. The molecular formula is C9H7IN2O. The van der Waals surface area contributed by atoms with Gasteiger partial charge in [-0.1, -0.05) is 12.1 Å². The lowest BCUT2D eigenvalue weighted by Gasteiger charge is -2.03. The van der Waals surface area contributed by atoms with Crippen LogP contribution in [0.5, 0.6) is 0 Å². The van der Waals surface area contributed by atoms with Crippen LogP contribution in [0.2, 0.25) is 0 Å². The molecule has 0 saturated heterocycles. The summed E-state index contributed by atoms with van der Waals surface area (Å²) in [6.07, 6.45) is 1.61. The average Bonchev–Trinajstić information content (AvgIpc) is 2.10. The maximum absolute atomic E-state index is 11.3. The maximum Gasteiger partial charge on any atom is 0.265 e. The lowest BCUT2D eigenvalue weighted by molar-refractivity contribution is 0.0972. The summed E-state index contributed by atoms with van der Waals surface area (Å²) in [5.74, 6) is -0.351. The zero-order valence-electron chi connectivity index (χ0n) is 6.97. The van der Waals surface area contributed by atoms with Crippen molar-refractivity contribution in [2.45, 2.75) is 6.92 Å². The third-order valence-corrected chi connectivity index (χ3v) is 3.04. The van der Waals surface area contributed by atoms with E-state index in [4.69, 9.17) is 5.26 Å². The van der Waals surface area contributed by atoms with Gasteiger partial charge in [0.15, 0.2) is 6.19 Å². The molecule has 0 fully saturated rings.